The molecule has 0 aliphatic carbocycles. The summed E-state index contributed by atoms with van der Waals surface area (Å²) in [5, 5.41) is 12.5. The largest absolute Gasteiger partial charge is 0.333 e. The first-order valence-electron chi connectivity index (χ1n) is 11.1. The van der Waals surface area contributed by atoms with E-state index in [1.54, 1.807) is 30.5 Å². The summed E-state index contributed by atoms with van der Waals surface area (Å²) in [6.07, 6.45) is 1.56. The van der Waals surface area contributed by atoms with Crippen LogP contribution >= 0.6 is 0 Å². The van der Waals surface area contributed by atoms with E-state index in [0.29, 0.717) is 40.8 Å². The minimum atomic E-state index is -0.283. The van der Waals surface area contributed by atoms with Crippen molar-refractivity contribution in [2.45, 2.75) is 39.8 Å². The maximum Gasteiger partial charge on any atom is 0.271 e. The number of carbonyl (C=O) groups excluding carboxylic acids is 1. The third-order valence-corrected chi connectivity index (χ3v) is 6.24. The minimum Gasteiger partial charge on any atom is -0.333 e. The van der Waals surface area contributed by atoms with E-state index in [1.807, 2.05) is 17.9 Å². The molecular formula is C25H28N6O2. The highest BCUT2D eigenvalue weighted by molar-refractivity contribution is 5.94. The number of carbonyl (C=O) groups is 1. The van der Waals surface area contributed by atoms with Crippen LogP contribution in [-0.2, 0) is 0 Å². The van der Waals surface area contributed by atoms with Gasteiger partial charge in [0.25, 0.3) is 11.5 Å². The second-order valence-corrected chi connectivity index (χ2v) is 8.79. The Kier molecular flexibility index (Phi) is 6.16. The van der Waals surface area contributed by atoms with Gasteiger partial charge < -0.3 is 4.90 Å². The lowest BCUT2D eigenvalue weighted by Gasteiger charge is -2.41. The number of benzene rings is 1. The fourth-order valence-electron chi connectivity index (χ4n) is 4.34. The van der Waals surface area contributed by atoms with Gasteiger partial charge in [0.1, 0.15) is 6.07 Å². The first kappa shape index (κ1) is 22.5. The number of aromatic nitrogens is 3. The van der Waals surface area contributed by atoms with Crippen LogP contribution in [0.4, 0.5) is 0 Å². The van der Waals surface area contributed by atoms with E-state index in [2.05, 4.69) is 41.8 Å². The lowest BCUT2D eigenvalue weighted by atomic mass is 10.1. The van der Waals surface area contributed by atoms with Gasteiger partial charge in [-0.2, -0.15) is 5.26 Å². The normalized spacial score (nSPS) is 16.7. The summed E-state index contributed by atoms with van der Waals surface area (Å²) in [5.41, 5.74) is 3.05. The van der Waals surface area contributed by atoms with Crippen molar-refractivity contribution in [1.82, 2.24) is 24.6 Å². The van der Waals surface area contributed by atoms with Crippen LogP contribution < -0.4 is 5.56 Å². The van der Waals surface area contributed by atoms with Gasteiger partial charge in [0, 0.05) is 44.0 Å². The van der Waals surface area contributed by atoms with E-state index in [-0.39, 0.29) is 17.5 Å². The van der Waals surface area contributed by atoms with Gasteiger partial charge in [-0.25, -0.2) is 4.68 Å². The van der Waals surface area contributed by atoms with Crippen molar-refractivity contribution < 1.29 is 4.79 Å². The fraction of sp³-hybridized carbons (Fsp3) is 0.360. The smallest absolute Gasteiger partial charge is 0.271 e. The highest BCUT2D eigenvalue weighted by Crippen LogP contribution is 2.21. The zero-order valence-corrected chi connectivity index (χ0v) is 19.4. The topological polar surface area (TPSA) is 98.0 Å². The number of para-hydroxylation sites is 1. The third-order valence-electron chi connectivity index (χ3n) is 6.24. The SMILES string of the molecule is Cc1cccc(C#N)c1-n1[nH]c(-c2ccc(C(=O)N3CCN(C(C)C)C[C@@H]3C)cn2)cc1=O. The number of amides is 1. The molecule has 4 rings (SSSR count). The van der Waals surface area contributed by atoms with Crippen molar-refractivity contribution in [2.75, 3.05) is 19.6 Å². The Balaban J connectivity index is 1.57. The molecular weight excluding hydrogens is 416 g/mol. The zero-order chi connectivity index (χ0) is 23.7. The van der Waals surface area contributed by atoms with Crippen molar-refractivity contribution in [3.8, 4) is 23.1 Å². The van der Waals surface area contributed by atoms with Gasteiger partial charge in [-0.3, -0.25) is 24.6 Å². The highest BCUT2D eigenvalue weighted by atomic mass is 16.2. The van der Waals surface area contributed by atoms with Crippen LogP contribution in [0.5, 0.6) is 0 Å². The Labute approximate surface area is 193 Å². The molecule has 0 bridgehead atoms. The number of hydrogen-bond donors (Lipinski definition) is 1. The van der Waals surface area contributed by atoms with Crippen molar-refractivity contribution in [3.05, 3.63) is 69.6 Å². The summed E-state index contributed by atoms with van der Waals surface area (Å²) in [5.74, 6) is -0.0328. The van der Waals surface area contributed by atoms with E-state index in [1.165, 1.54) is 10.7 Å². The van der Waals surface area contributed by atoms with Gasteiger partial charge >= 0.3 is 0 Å². The number of piperazine rings is 1. The van der Waals surface area contributed by atoms with Crippen molar-refractivity contribution in [3.63, 3.8) is 0 Å². The van der Waals surface area contributed by atoms with E-state index in [0.717, 1.165) is 18.7 Å². The zero-order valence-electron chi connectivity index (χ0n) is 19.4. The molecule has 33 heavy (non-hydrogen) atoms. The van der Waals surface area contributed by atoms with Gasteiger partial charge in [-0.05, 0) is 51.5 Å². The lowest BCUT2D eigenvalue weighted by molar-refractivity contribution is 0.0425. The van der Waals surface area contributed by atoms with Crippen LogP contribution in [0.1, 0.15) is 42.3 Å². The van der Waals surface area contributed by atoms with E-state index in [9.17, 15) is 14.9 Å². The Morgan fingerprint density at radius 1 is 1.24 bits per heavy atom. The van der Waals surface area contributed by atoms with Gasteiger partial charge in [-0.15, -0.1) is 0 Å². The van der Waals surface area contributed by atoms with E-state index >= 15 is 0 Å². The van der Waals surface area contributed by atoms with Crippen molar-refractivity contribution >= 4 is 5.91 Å². The van der Waals surface area contributed by atoms with E-state index in [4.69, 9.17) is 0 Å². The van der Waals surface area contributed by atoms with Crippen LogP contribution in [0.3, 0.4) is 0 Å². The average molecular weight is 445 g/mol. The van der Waals surface area contributed by atoms with Gasteiger partial charge in [0.2, 0.25) is 0 Å². The summed E-state index contributed by atoms with van der Waals surface area (Å²) in [6.45, 7) is 10.7. The minimum absolute atomic E-state index is 0.0328. The van der Waals surface area contributed by atoms with Crippen molar-refractivity contribution in [1.29, 1.82) is 5.26 Å². The molecule has 1 fully saturated rings. The summed E-state index contributed by atoms with van der Waals surface area (Å²) in [7, 11) is 0. The molecule has 8 heteroatoms. The number of aromatic amines is 1. The first-order chi connectivity index (χ1) is 15.8. The quantitative estimate of drug-likeness (QED) is 0.667. The number of H-pyrrole nitrogens is 1. The molecule has 1 amide bonds. The first-order valence-corrected chi connectivity index (χ1v) is 11.1. The number of aryl methyl sites for hydroxylation is 1. The Morgan fingerprint density at radius 3 is 2.67 bits per heavy atom. The van der Waals surface area contributed by atoms with Crippen LogP contribution in [0, 0.1) is 18.3 Å². The molecule has 1 aliphatic rings. The Bertz CT molecular complexity index is 1270. The molecule has 8 nitrogen and oxygen atoms in total. The summed E-state index contributed by atoms with van der Waals surface area (Å²) in [6, 6.07) is 13.0. The number of nitrogens with zero attached hydrogens (tertiary/aromatic N) is 5. The molecule has 0 saturated carbocycles. The molecule has 1 atom stereocenters. The predicted octanol–water partition coefficient (Wildman–Crippen LogP) is 2.96. The third kappa shape index (κ3) is 4.32. The molecule has 0 radical (unpaired) electrons. The van der Waals surface area contributed by atoms with Crippen LogP contribution in [-0.4, -0.2) is 62.2 Å². The predicted molar refractivity (Wildman–Crippen MR) is 126 cm³/mol. The van der Waals surface area contributed by atoms with Crippen LogP contribution in [0.2, 0.25) is 0 Å². The summed E-state index contributed by atoms with van der Waals surface area (Å²) in [4.78, 5) is 34.4. The molecule has 1 aliphatic heterocycles. The molecule has 3 aromatic rings. The molecule has 1 N–H and O–H groups in total. The van der Waals surface area contributed by atoms with Crippen LogP contribution in [0.15, 0.2) is 47.4 Å². The number of nitriles is 1. The summed E-state index contributed by atoms with van der Waals surface area (Å²) < 4.78 is 1.36. The standard InChI is InChI=1S/C25H28N6O2/c1-16(2)29-10-11-30(18(4)15-29)25(33)20-8-9-21(27-14-20)22-12-23(32)31(28-22)24-17(3)6-5-7-19(24)13-26/h5-9,12,14,16,18,28H,10-11,15H2,1-4H3/t18-/m0/s1. The number of rotatable bonds is 4. The highest BCUT2D eigenvalue weighted by Gasteiger charge is 2.29. The van der Waals surface area contributed by atoms with Gasteiger partial charge in [0.05, 0.1) is 28.2 Å². The molecule has 1 saturated heterocycles. The number of hydrogen-bond acceptors (Lipinski definition) is 5. The fourth-order valence-corrected chi connectivity index (χ4v) is 4.34. The molecule has 0 unspecified atom stereocenters. The summed E-state index contributed by atoms with van der Waals surface area (Å²) >= 11 is 0. The number of nitrogens with one attached hydrogen (secondary N) is 1. The molecule has 170 valence electrons. The van der Waals surface area contributed by atoms with Gasteiger partial charge in [0.15, 0.2) is 0 Å². The molecule has 2 aromatic heterocycles. The maximum atomic E-state index is 13.1. The second kappa shape index (κ2) is 9.04. The number of pyridine rings is 1. The molecule has 1 aromatic carbocycles. The molecule has 3 heterocycles. The van der Waals surface area contributed by atoms with Gasteiger partial charge in [-0.1, -0.05) is 12.1 Å². The van der Waals surface area contributed by atoms with Crippen LogP contribution in [0.25, 0.3) is 17.1 Å². The van der Waals surface area contributed by atoms with Crippen molar-refractivity contribution in [2.24, 2.45) is 0 Å². The lowest BCUT2D eigenvalue weighted by Crippen LogP contribution is -2.55. The maximum absolute atomic E-state index is 13.1. The average Bonchev–Trinajstić information content (AvgIpc) is 3.19. The monoisotopic (exact) mass is 444 g/mol. The second-order valence-electron chi connectivity index (χ2n) is 8.79. The molecule has 0 spiro atoms. The Morgan fingerprint density at radius 2 is 2.03 bits per heavy atom. The Hall–Kier alpha value is -3.70. The van der Waals surface area contributed by atoms with E-state index < -0.39 is 0 Å².